The molecule has 92 valence electrons. The van der Waals surface area contributed by atoms with Gasteiger partial charge in [-0.1, -0.05) is 0 Å². The van der Waals surface area contributed by atoms with Gasteiger partial charge in [0.1, 0.15) is 5.82 Å². The fraction of sp³-hybridized carbons (Fsp3) is 0.500. The van der Waals surface area contributed by atoms with Crippen LogP contribution in [0.2, 0.25) is 0 Å². The Morgan fingerprint density at radius 3 is 2.71 bits per heavy atom. The maximum atomic E-state index is 11.2. The van der Waals surface area contributed by atoms with Crippen molar-refractivity contribution in [3.63, 3.8) is 0 Å². The zero-order valence-corrected chi connectivity index (χ0v) is 9.22. The number of aromatic amines is 1. The van der Waals surface area contributed by atoms with Gasteiger partial charge in [0.25, 0.3) is 5.56 Å². The molecular formula is C10H14N4O3. The zero-order valence-electron chi connectivity index (χ0n) is 9.22. The van der Waals surface area contributed by atoms with Crippen molar-refractivity contribution in [1.82, 2.24) is 9.97 Å². The third kappa shape index (κ3) is 2.55. The highest BCUT2D eigenvalue weighted by Crippen LogP contribution is 2.21. The first-order valence-electron chi connectivity index (χ1n) is 5.41. The van der Waals surface area contributed by atoms with Crippen LogP contribution >= 0.6 is 0 Å². The summed E-state index contributed by atoms with van der Waals surface area (Å²) in [5.74, 6) is -0.475. The third-order valence-electron chi connectivity index (χ3n) is 2.91. The Labute approximate surface area is 97.3 Å². The highest BCUT2D eigenvalue weighted by molar-refractivity contribution is 5.70. The predicted octanol–water partition coefficient (Wildman–Crippen LogP) is -0.347. The largest absolute Gasteiger partial charge is 0.481 e. The number of carboxylic acids is 1. The molecule has 0 bridgehead atoms. The Morgan fingerprint density at radius 1 is 1.53 bits per heavy atom. The summed E-state index contributed by atoms with van der Waals surface area (Å²) in [7, 11) is 0. The van der Waals surface area contributed by atoms with Gasteiger partial charge in [0.2, 0.25) is 5.95 Å². The van der Waals surface area contributed by atoms with Crippen LogP contribution in [0, 0.1) is 5.92 Å². The van der Waals surface area contributed by atoms with E-state index in [1.165, 1.54) is 6.07 Å². The number of aliphatic carboxylic acids is 1. The molecule has 7 heteroatoms. The molecule has 0 amide bonds. The van der Waals surface area contributed by atoms with Crippen LogP contribution in [0.4, 0.5) is 11.8 Å². The first kappa shape index (κ1) is 11.4. The number of hydrogen-bond donors (Lipinski definition) is 3. The molecule has 1 saturated heterocycles. The summed E-state index contributed by atoms with van der Waals surface area (Å²) in [6, 6.07) is 1.37. The summed E-state index contributed by atoms with van der Waals surface area (Å²) in [4.78, 5) is 30.3. The number of anilines is 2. The predicted molar refractivity (Wildman–Crippen MR) is 61.8 cm³/mol. The Hall–Kier alpha value is -2.05. The van der Waals surface area contributed by atoms with E-state index < -0.39 is 5.97 Å². The van der Waals surface area contributed by atoms with Gasteiger partial charge in [0.05, 0.1) is 5.92 Å². The smallest absolute Gasteiger partial charge is 0.306 e. The van der Waals surface area contributed by atoms with Gasteiger partial charge in [-0.3, -0.25) is 14.6 Å². The Bertz CT molecular complexity index is 477. The molecule has 0 atom stereocenters. The number of nitrogens with zero attached hydrogens (tertiary/aromatic N) is 2. The fourth-order valence-corrected chi connectivity index (χ4v) is 1.98. The summed E-state index contributed by atoms with van der Waals surface area (Å²) in [5, 5.41) is 8.87. The minimum atomic E-state index is -0.761. The minimum Gasteiger partial charge on any atom is -0.481 e. The molecule has 1 aliphatic rings. The second kappa shape index (κ2) is 4.44. The highest BCUT2D eigenvalue weighted by atomic mass is 16.4. The van der Waals surface area contributed by atoms with Crippen molar-refractivity contribution in [2.45, 2.75) is 12.8 Å². The molecule has 4 N–H and O–H groups in total. The molecule has 0 spiro atoms. The number of aromatic nitrogens is 2. The third-order valence-corrected chi connectivity index (χ3v) is 2.91. The van der Waals surface area contributed by atoms with Crippen LogP contribution in [0.25, 0.3) is 0 Å². The number of H-pyrrole nitrogens is 1. The lowest BCUT2D eigenvalue weighted by Crippen LogP contribution is -2.37. The molecule has 0 radical (unpaired) electrons. The Kier molecular flexibility index (Phi) is 2.99. The molecule has 17 heavy (non-hydrogen) atoms. The van der Waals surface area contributed by atoms with Crippen molar-refractivity contribution in [3.8, 4) is 0 Å². The van der Waals surface area contributed by atoms with E-state index in [1.807, 2.05) is 4.90 Å². The fourth-order valence-electron chi connectivity index (χ4n) is 1.98. The van der Waals surface area contributed by atoms with Crippen LogP contribution < -0.4 is 16.2 Å². The van der Waals surface area contributed by atoms with E-state index in [0.717, 1.165) is 0 Å². The van der Waals surface area contributed by atoms with Crippen molar-refractivity contribution >= 4 is 17.7 Å². The topological polar surface area (TPSA) is 112 Å². The summed E-state index contributed by atoms with van der Waals surface area (Å²) < 4.78 is 0. The molecule has 7 nitrogen and oxygen atoms in total. The van der Waals surface area contributed by atoms with Gasteiger partial charge in [-0.05, 0) is 12.8 Å². The summed E-state index contributed by atoms with van der Waals surface area (Å²) in [6.45, 7) is 1.15. The normalized spacial score (nSPS) is 17.1. The second-order valence-electron chi connectivity index (χ2n) is 4.09. The molecule has 0 aromatic carbocycles. The van der Waals surface area contributed by atoms with Gasteiger partial charge in [0, 0.05) is 19.2 Å². The molecule has 0 saturated carbocycles. The number of carbonyl (C=O) groups is 1. The van der Waals surface area contributed by atoms with Crippen LogP contribution in [-0.4, -0.2) is 34.1 Å². The van der Waals surface area contributed by atoms with Crippen LogP contribution in [0.3, 0.4) is 0 Å². The maximum Gasteiger partial charge on any atom is 0.306 e. The summed E-state index contributed by atoms with van der Waals surface area (Å²) in [6.07, 6.45) is 1.12. The van der Waals surface area contributed by atoms with Crippen LogP contribution in [0.1, 0.15) is 12.8 Å². The second-order valence-corrected chi connectivity index (χ2v) is 4.09. The Morgan fingerprint density at radius 2 is 2.18 bits per heavy atom. The summed E-state index contributed by atoms with van der Waals surface area (Å²) >= 11 is 0. The van der Waals surface area contributed by atoms with Gasteiger partial charge in [-0.15, -0.1) is 0 Å². The number of nitrogens with two attached hydrogens (primary N) is 1. The van der Waals surface area contributed by atoms with Gasteiger partial charge in [0.15, 0.2) is 0 Å². The van der Waals surface area contributed by atoms with E-state index in [1.54, 1.807) is 0 Å². The number of piperidine rings is 1. The van der Waals surface area contributed by atoms with Gasteiger partial charge < -0.3 is 15.7 Å². The molecule has 0 unspecified atom stereocenters. The minimum absolute atomic E-state index is 0.0767. The molecule has 0 aliphatic carbocycles. The van der Waals surface area contributed by atoms with Crippen molar-refractivity contribution < 1.29 is 9.90 Å². The molecule has 1 fully saturated rings. The number of rotatable bonds is 2. The van der Waals surface area contributed by atoms with E-state index in [2.05, 4.69) is 9.97 Å². The lowest BCUT2D eigenvalue weighted by atomic mass is 9.97. The van der Waals surface area contributed by atoms with Crippen molar-refractivity contribution in [1.29, 1.82) is 0 Å². The SMILES string of the molecule is Nc1nc(N2CCC(C(=O)O)CC2)cc(=O)[nH]1. The molecular weight excluding hydrogens is 224 g/mol. The lowest BCUT2D eigenvalue weighted by molar-refractivity contribution is -0.142. The molecule has 2 heterocycles. The maximum absolute atomic E-state index is 11.2. The van der Waals surface area contributed by atoms with Crippen LogP contribution in [0.15, 0.2) is 10.9 Å². The van der Waals surface area contributed by atoms with E-state index in [-0.39, 0.29) is 17.4 Å². The van der Waals surface area contributed by atoms with E-state index in [0.29, 0.717) is 31.7 Å². The molecule has 1 aliphatic heterocycles. The standard InChI is InChI=1S/C10H14N4O3/c11-10-12-7(5-8(15)13-10)14-3-1-6(2-4-14)9(16)17/h5-6H,1-4H2,(H,16,17)(H3,11,12,13,15). The lowest BCUT2D eigenvalue weighted by Gasteiger charge is -2.30. The highest BCUT2D eigenvalue weighted by Gasteiger charge is 2.25. The van der Waals surface area contributed by atoms with Gasteiger partial charge >= 0.3 is 5.97 Å². The van der Waals surface area contributed by atoms with E-state index in [9.17, 15) is 9.59 Å². The van der Waals surface area contributed by atoms with Crippen molar-refractivity contribution in [2.75, 3.05) is 23.7 Å². The monoisotopic (exact) mass is 238 g/mol. The molecule has 2 rings (SSSR count). The molecule has 1 aromatic heterocycles. The van der Waals surface area contributed by atoms with Gasteiger partial charge in [-0.2, -0.15) is 4.98 Å². The van der Waals surface area contributed by atoms with Gasteiger partial charge in [-0.25, -0.2) is 0 Å². The average Bonchev–Trinajstić information content (AvgIpc) is 2.28. The summed E-state index contributed by atoms with van der Waals surface area (Å²) in [5.41, 5.74) is 5.16. The number of nitrogen functional groups attached to an aromatic ring is 1. The first-order chi connectivity index (χ1) is 8.06. The molecule has 1 aromatic rings. The zero-order chi connectivity index (χ0) is 12.4. The quantitative estimate of drug-likeness (QED) is 0.649. The van der Waals surface area contributed by atoms with Crippen LogP contribution in [-0.2, 0) is 4.79 Å². The van der Waals surface area contributed by atoms with E-state index >= 15 is 0 Å². The van der Waals surface area contributed by atoms with E-state index in [4.69, 9.17) is 10.8 Å². The van der Waals surface area contributed by atoms with Crippen molar-refractivity contribution in [2.24, 2.45) is 5.92 Å². The van der Waals surface area contributed by atoms with Crippen LogP contribution in [0.5, 0.6) is 0 Å². The van der Waals surface area contributed by atoms with Crippen molar-refractivity contribution in [3.05, 3.63) is 16.4 Å². The Balaban J connectivity index is 2.10. The average molecular weight is 238 g/mol. The number of hydrogen-bond acceptors (Lipinski definition) is 5. The number of nitrogens with one attached hydrogen (secondary N) is 1. The first-order valence-corrected chi connectivity index (χ1v) is 5.41. The number of carboxylic acid groups (broad SMARTS) is 1.